The Balaban J connectivity index is 1.30. The van der Waals surface area contributed by atoms with Gasteiger partial charge in [-0.15, -0.1) is 0 Å². The van der Waals surface area contributed by atoms with E-state index < -0.39 is 11.7 Å². The molecule has 30 heavy (non-hydrogen) atoms. The first kappa shape index (κ1) is 20.7. The van der Waals surface area contributed by atoms with Crippen LogP contribution in [0, 0.1) is 0 Å². The van der Waals surface area contributed by atoms with Gasteiger partial charge in [0.15, 0.2) is 0 Å². The van der Waals surface area contributed by atoms with Gasteiger partial charge in [-0.2, -0.15) is 13.2 Å². The van der Waals surface area contributed by atoms with Gasteiger partial charge in [-0.05, 0) is 48.6 Å². The van der Waals surface area contributed by atoms with Gasteiger partial charge in [-0.1, -0.05) is 30.3 Å². The summed E-state index contributed by atoms with van der Waals surface area (Å²) in [6, 6.07) is 13.8. The highest BCUT2D eigenvalue weighted by Crippen LogP contribution is 2.32. The predicted molar refractivity (Wildman–Crippen MR) is 110 cm³/mol. The lowest BCUT2D eigenvalue weighted by Gasteiger charge is -2.36. The van der Waals surface area contributed by atoms with E-state index in [0.29, 0.717) is 38.4 Å². The fourth-order valence-electron chi connectivity index (χ4n) is 4.39. The molecule has 1 atom stereocenters. The Bertz CT molecular complexity index is 891. The molecule has 1 aliphatic heterocycles. The van der Waals surface area contributed by atoms with Crippen LogP contribution in [0.1, 0.15) is 35.6 Å². The Hall–Kier alpha value is -2.54. The molecule has 1 N–H and O–H groups in total. The van der Waals surface area contributed by atoms with E-state index in [0.717, 1.165) is 25.3 Å². The zero-order valence-electron chi connectivity index (χ0n) is 16.8. The van der Waals surface area contributed by atoms with Crippen molar-refractivity contribution in [2.24, 2.45) is 0 Å². The lowest BCUT2D eigenvalue weighted by Crippen LogP contribution is -2.50. The van der Waals surface area contributed by atoms with Crippen LogP contribution >= 0.6 is 0 Å². The van der Waals surface area contributed by atoms with E-state index in [-0.39, 0.29) is 11.9 Å². The molecule has 1 heterocycles. The molecule has 4 rings (SSSR count). The Kier molecular flexibility index (Phi) is 5.99. The van der Waals surface area contributed by atoms with Gasteiger partial charge in [0.25, 0.3) is 0 Å². The number of aryl methyl sites for hydroxylation is 1. The molecule has 0 aromatic heterocycles. The van der Waals surface area contributed by atoms with E-state index in [1.54, 1.807) is 6.07 Å². The van der Waals surface area contributed by atoms with Crippen molar-refractivity contribution in [2.45, 2.75) is 31.5 Å². The Morgan fingerprint density at radius 3 is 2.57 bits per heavy atom. The van der Waals surface area contributed by atoms with Crippen molar-refractivity contribution in [1.29, 1.82) is 0 Å². The molecule has 1 saturated heterocycles. The maximum absolute atomic E-state index is 13.0. The summed E-state index contributed by atoms with van der Waals surface area (Å²) in [6.07, 6.45) is -1.27. The maximum atomic E-state index is 13.0. The normalized spacial score (nSPS) is 20.0. The molecule has 0 radical (unpaired) electrons. The lowest BCUT2D eigenvalue weighted by atomic mass is 9.88. The fourth-order valence-corrected chi connectivity index (χ4v) is 4.39. The smallest absolute Gasteiger partial charge is 0.369 e. The quantitative estimate of drug-likeness (QED) is 0.816. The van der Waals surface area contributed by atoms with Gasteiger partial charge in [-0.3, -0.25) is 9.69 Å². The number of rotatable bonds is 4. The zero-order valence-corrected chi connectivity index (χ0v) is 16.8. The maximum Gasteiger partial charge on any atom is 0.416 e. The number of fused-ring (bicyclic) bond motifs is 1. The number of carbonyl (C=O) groups is 1. The average molecular weight is 417 g/mol. The molecule has 1 aliphatic carbocycles. The molecule has 0 saturated carbocycles. The highest BCUT2D eigenvalue weighted by molar-refractivity contribution is 5.78. The number of carbonyl (C=O) groups excluding carboxylic acids is 1. The molecular formula is C23H26F3N3O. The van der Waals surface area contributed by atoms with Gasteiger partial charge in [-0.25, -0.2) is 0 Å². The number of benzene rings is 2. The summed E-state index contributed by atoms with van der Waals surface area (Å²) in [7, 11) is 0. The molecular weight excluding hydrogens is 391 g/mol. The number of amides is 1. The van der Waals surface area contributed by atoms with Gasteiger partial charge in [0.05, 0.1) is 18.2 Å². The van der Waals surface area contributed by atoms with Crippen LogP contribution in [0.15, 0.2) is 48.5 Å². The zero-order chi connectivity index (χ0) is 21.1. The summed E-state index contributed by atoms with van der Waals surface area (Å²) in [5, 5.41) is 3.17. The molecule has 0 bridgehead atoms. The summed E-state index contributed by atoms with van der Waals surface area (Å²) in [6.45, 7) is 2.80. The molecule has 7 heteroatoms. The summed E-state index contributed by atoms with van der Waals surface area (Å²) in [4.78, 5) is 16.6. The largest absolute Gasteiger partial charge is 0.416 e. The molecule has 160 valence electrons. The van der Waals surface area contributed by atoms with E-state index in [1.807, 2.05) is 17.0 Å². The van der Waals surface area contributed by atoms with Crippen LogP contribution in [-0.2, 0) is 17.4 Å². The van der Waals surface area contributed by atoms with Gasteiger partial charge < -0.3 is 10.2 Å². The molecule has 2 aliphatic rings. The third-order valence-corrected chi connectivity index (χ3v) is 5.98. The van der Waals surface area contributed by atoms with E-state index in [4.69, 9.17) is 0 Å². The number of nitrogens with one attached hydrogen (secondary N) is 1. The van der Waals surface area contributed by atoms with Crippen LogP contribution in [0.4, 0.5) is 18.9 Å². The Morgan fingerprint density at radius 2 is 1.80 bits per heavy atom. The van der Waals surface area contributed by atoms with Crippen molar-refractivity contribution in [2.75, 3.05) is 37.6 Å². The van der Waals surface area contributed by atoms with E-state index in [9.17, 15) is 18.0 Å². The fraction of sp³-hybridized carbons (Fsp3) is 0.435. The average Bonchev–Trinajstić information content (AvgIpc) is 2.74. The molecule has 1 fully saturated rings. The number of halogens is 3. The Labute approximate surface area is 174 Å². The minimum Gasteiger partial charge on any atom is -0.369 e. The van der Waals surface area contributed by atoms with Crippen LogP contribution in [0.25, 0.3) is 0 Å². The summed E-state index contributed by atoms with van der Waals surface area (Å²) in [5.74, 6) is 0.00391. The lowest BCUT2D eigenvalue weighted by molar-refractivity contribution is -0.137. The highest BCUT2D eigenvalue weighted by Gasteiger charge is 2.31. The minimum atomic E-state index is -4.34. The third kappa shape index (κ3) is 4.78. The Morgan fingerprint density at radius 1 is 1.03 bits per heavy atom. The molecule has 2 aromatic carbocycles. The van der Waals surface area contributed by atoms with Crippen LogP contribution < -0.4 is 10.2 Å². The molecule has 4 nitrogen and oxygen atoms in total. The van der Waals surface area contributed by atoms with E-state index in [1.165, 1.54) is 23.3 Å². The van der Waals surface area contributed by atoms with Gasteiger partial charge >= 0.3 is 6.18 Å². The van der Waals surface area contributed by atoms with Gasteiger partial charge in [0, 0.05) is 31.9 Å². The SMILES string of the molecule is O=C(CN1CCN(c2cccc(C(F)(F)F)c2)CC1)N[C@H]1CCCc2ccccc21. The van der Waals surface area contributed by atoms with Crippen LogP contribution in [0.5, 0.6) is 0 Å². The van der Waals surface area contributed by atoms with E-state index >= 15 is 0 Å². The van der Waals surface area contributed by atoms with Crippen molar-refractivity contribution >= 4 is 11.6 Å². The summed E-state index contributed by atoms with van der Waals surface area (Å²) in [5.41, 5.74) is 2.47. The van der Waals surface area contributed by atoms with Gasteiger partial charge in [0.1, 0.15) is 0 Å². The van der Waals surface area contributed by atoms with Gasteiger partial charge in [0.2, 0.25) is 5.91 Å². The van der Waals surface area contributed by atoms with Crippen LogP contribution in [0.3, 0.4) is 0 Å². The molecule has 1 amide bonds. The third-order valence-electron chi connectivity index (χ3n) is 5.98. The first-order valence-corrected chi connectivity index (χ1v) is 10.4. The minimum absolute atomic E-state index is 0.00391. The standard InChI is InChI=1S/C23H26F3N3O/c24-23(25,26)18-7-4-8-19(15-18)29-13-11-28(12-14-29)16-22(30)27-21-10-3-6-17-5-1-2-9-20(17)21/h1-2,4-5,7-9,15,21H,3,6,10-14,16H2,(H,27,30)/t21-/m0/s1. The molecule has 2 aromatic rings. The van der Waals surface area contributed by atoms with Crippen LogP contribution in [0.2, 0.25) is 0 Å². The van der Waals surface area contributed by atoms with Crippen molar-refractivity contribution in [3.8, 4) is 0 Å². The van der Waals surface area contributed by atoms with Crippen molar-refractivity contribution in [3.63, 3.8) is 0 Å². The first-order valence-electron chi connectivity index (χ1n) is 10.4. The number of anilines is 1. The first-order chi connectivity index (χ1) is 14.4. The van der Waals surface area contributed by atoms with E-state index in [2.05, 4.69) is 22.3 Å². The predicted octanol–water partition coefficient (Wildman–Crippen LogP) is 4.02. The summed E-state index contributed by atoms with van der Waals surface area (Å²) >= 11 is 0. The van der Waals surface area contributed by atoms with Crippen LogP contribution in [-0.4, -0.2) is 43.5 Å². The van der Waals surface area contributed by atoms with Crippen molar-refractivity contribution in [3.05, 3.63) is 65.2 Å². The number of hydrogen-bond donors (Lipinski definition) is 1. The summed E-state index contributed by atoms with van der Waals surface area (Å²) < 4.78 is 38.9. The number of nitrogens with zero attached hydrogens (tertiary/aromatic N) is 2. The second-order valence-corrected chi connectivity index (χ2v) is 8.02. The second-order valence-electron chi connectivity index (χ2n) is 8.02. The monoisotopic (exact) mass is 417 g/mol. The second kappa shape index (κ2) is 8.68. The molecule has 0 spiro atoms. The van der Waals surface area contributed by atoms with Crippen molar-refractivity contribution in [1.82, 2.24) is 10.2 Å². The molecule has 0 unspecified atom stereocenters. The number of alkyl halides is 3. The topological polar surface area (TPSA) is 35.6 Å². The van der Waals surface area contributed by atoms with Crippen molar-refractivity contribution < 1.29 is 18.0 Å². The number of hydrogen-bond acceptors (Lipinski definition) is 3. The highest BCUT2D eigenvalue weighted by atomic mass is 19.4. The number of piperazine rings is 1.